The Morgan fingerprint density at radius 1 is 0.885 bits per heavy atom. The summed E-state index contributed by atoms with van der Waals surface area (Å²) in [7, 11) is 0. The monoisotopic (exact) mass is 746 g/mol. The van der Waals surface area contributed by atoms with Crippen molar-refractivity contribution >= 4 is 52.8 Å². The number of aryl methyl sites for hydroxylation is 1. The Bertz CT molecular complexity index is 1610. The van der Waals surface area contributed by atoms with Crippen molar-refractivity contribution in [3.05, 3.63) is 27.5 Å². The zero-order valence-electron chi connectivity index (χ0n) is 31.6. The number of esters is 3. The number of nitrogens with zero attached hydrogens (tertiary/aromatic N) is 2. The number of nitrogens with two attached hydrogens (primary N) is 1. The molecule has 1 unspecified atom stereocenters. The molecule has 0 saturated heterocycles. The molecule has 0 bridgehead atoms. The zero-order chi connectivity index (χ0) is 39.0. The molecule has 2 aromatic rings. The van der Waals surface area contributed by atoms with Crippen LogP contribution in [0.4, 0.5) is 11.8 Å². The van der Waals surface area contributed by atoms with Gasteiger partial charge in [-0.15, -0.1) is 11.3 Å². The second-order valence-corrected chi connectivity index (χ2v) is 17.0. The summed E-state index contributed by atoms with van der Waals surface area (Å²) >= 11 is 1.29. The highest BCUT2D eigenvalue weighted by Gasteiger charge is 2.31. The maximum absolute atomic E-state index is 13.4. The number of hydrogen-bond donors (Lipinski definition) is 5. The van der Waals surface area contributed by atoms with Crippen LogP contribution in [-0.2, 0) is 46.2 Å². The lowest BCUT2D eigenvalue weighted by molar-refractivity contribution is -0.161. The van der Waals surface area contributed by atoms with Crippen LogP contribution in [0.5, 0.6) is 5.88 Å². The van der Waals surface area contributed by atoms with E-state index >= 15 is 0 Å². The molecule has 3 rings (SSSR count). The molecule has 3 heterocycles. The van der Waals surface area contributed by atoms with Crippen LogP contribution in [0.15, 0.2) is 12.1 Å². The molecule has 0 aromatic carbocycles. The van der Waals surface area contributed by atoms with E-state index in [2.05, 4.69) is 25.9 Å². The van der Waals surface area contributed by atoms with Crippen LogP contribution in [0.3, 0.4) is 0 Å². The van der Waals surface area contributed by atoms with Crippen LogP contribution in [0, 0.1) is 5.92 Å². The number of aromatic nitrogens is 2. The van der Waals surface area contributed by atoms with Gasteiger partial charge in [-0.25, -0.2) is 9.59 Å². The van der Waals surface area contributed by atoms with Crippen LogP contribution in [0.1, 0.15) is 115 Å². The summed E-state index contributed by atoms with van der Waals surface area (Å²) in [6.07, 6.45) is 1.49. The van der Waals surface area contributed by atoms with Crippen LogP contribution in [0.25, 0.3) is 0 Å². The van der Waals surface area contributed by atoms with E-state index in [-0.39, 0.29) is 43.4 Å². The third-order valence-electron chi connectivity index (χ3n) is 7.48. The van der Waals surface area contributed by atoms with Gasteiger partial charge in [0, 0.05) is 24.3 Å². The topological polar surface area (TPSA) is 221 Å². The van der Waals surface area contributed by atoms with Crippen LogP contribution in [0.2, 0.25) is 0 Å². The van der Waals surface area contributed by atoms with E-state index in [9.17, 15) is 29.1 Å². The number of nitrogen functional groups attached to an aromatic ring is 1. The Morgan fingerprint density at radius 2 is 1.46 bits per heavy atom. The molecular weight excluding hydrogens is 692 g/mol. The number of carbonyl (C=O) groups is 5. The third-order valence-corrected chi connectivity index (χ3v) is 8.62. The number of ether oxygens (including phenoxy) is 3. The highest BCUT2D eigenvalue weighted by Crippen LogP contribution is 2.32. The summed E-state index contributed by atoms with van der Waals surface area (Å²) in [5.41, 5.74) is 3.85. The van der Waals surface area contributed by atoms with E-state index in [1.165, 1.54) is 11.3 Å². The van der Waals surface area contributed by atoms with Gasteiger partial charge in [-0.1, -0.05) is 0 Å². The number of carbonyl (C=O) groups excluding carboxylic acids is 5. The molecule has 0 fully saturated rings. The summed E-state index contributed by atoms with van der Waals surface area (Å²) in [6.45, 7) is 16.0. The van der Waals surface area contributed by atoms with Gasteiger partial charge in [0.25, 0.3) is 5.91 Å². The van der Waals surface area contributed by atoms with Crippen molar-refractivity contribution in [2.45, 2.75) is 136 Å². The second kappa shape index (κ2) is 17.4. The first kappa shape index (κ1) is 41.9. The van der Waals surface area contributed by atoms with Crippen LogP contribution < -0.4 is 21.7 Å². The lowest BCUT2D eigenvalue weighted by Crippen LogP contribution is -2.47. The fraction of sp³-hybridized carbons (Fsp3) is 0.639. The second-order valence-electron chi connectivity index (χ2n) is 15.9. The van der Waals surface area contributed by atoms with Gasteiger partial charge in [0.1, 0.15) is 34.7 Å². The van der Waals surface area contributed by atoms with E-state index in [1.54, 1.807) is 68.4 Å². The standard InChI is InChI=1S/C36H54N6O9S/c1-34(2,3)49-27(44)17-14-23(31(47)50-35(4,5)6)39-26(43)16-13-24(32(48)51-36(7,8)9)40-30(46)25-15-12-21(52-25)11-10-20-18-22-28(38-19-20)41-33(37)42-29(22)45/h12,15,20,23-24H,10-11,13-14,16-19H2,1-9H3,(H,39,43)(H,40,46)(H4,37,38,41,42,45)/t20?,23-,24+/m1/s1. The van der Waals surface area contributed by atoms with Gasteiger partial charge in [-0.3, -0.25) is 14.4 Å². The number of nitrogens with one attached hydrogen (secondary N) is 3. The molecule has 1 aliphatic heterocycles. The minimum atomic E-state index is -1.16. The Hall–Kier alpha value is -4.47. The minimum Gasteiger partial charge on any atom is -0.493 e. The number of hydrogen-bond acceptors (Lipinski definition) is 14. The van der Waals surface area contributed by atoms with E-state index in [0.29, 0.717) is 35.6 Å². The van der Waals surface area contributed by atoms with E-state index in [1.807, 2.05) is 6.07 Å². The molecule has 1 aliphatic rings. The summed E-state index contributed by atoms with van der Waals surface area (Å²) in [6, 6.07) is 1.23. The van der Waals surface area contributed by atoms with Gasteiger partial charge in [-0.2, -0.15) is 9.97 Å². The van der Waals surface area contributed by atoms with Gasteiger partial charge in [0.2, 0.25) is 17.7 Å². The van der Waals surface area contributed by atoms with Crippen molar-refractivity contribution in [3.8, 4) is 5.88 Å². The lowest BCUT2D eigenvalue weighted by Gasteiger charge is -2.26. The molecule has 3 atom stereocenters. The van der Waals surface area contributed by atoms with Gasteiger partial charge in [0.15, 0.2) is 0 Å². The fourth-order valence-corrected chi connectivity index (χ4v) is 6.21. The van der Waals surface area contributed by atoms with Crippen molar-refractivity contribution in [2.75, 3.05) is 17.6 Å². The average molecular weight is 747 g/mol. The van der Waals surface area contributed by atoms with Crippen molar-refractivity contribution in [2.24, 2.45) is 5.92 Å². The average Bonchev–Trinajstić information content (AvgIpc) is 3.47. The van der Waals surface area contributed by atoms with Crippen molar-refractivity contribution in [1.82, 2.24) is 20.6 Å². The quantitative estimate of drug-likeness (QED) is 0.135. The molecule has 6 N–H and O–H groups in total. The number of aromatic hydroxyl groups is 1. The summed E-state index contributed by atoms with van der Waals surface area (Å²) in [5, 5.41) is 18.8. The summed E-state index contributed by atoms with van der Waals surface area (Å²) < 4.78 is 16.4. The van der Waals surface area contributed by atoms with Crippen molar-refractivity contribution in [3.63, 3.8) is 0 Å². The van der Waals surface area contributed by atoms with Crippen molar-refractivity contribution < 1.29 is 43.3 Å². The Kier molecular flexibility index (Phi) is 14.0. The first-order chi connectivity index (χ1) is 24.0. The molecule has 0 aliphatic carbocycles. The van der Waals surface area contributed by atoms with Gasteiger partial charge < -0.3 is 41.0 Å². The predicted octanol–water partition coefficient (Wildman–Crippen LogP) is 4.21. The fourth-order valence-electron chi connectivity index (χ4n) is 5.28. The first-order valence-electron chi connectivity index (χ1n) is 17.4. The number of thiophene rings is 1. The number of fused-ring (bicyclic) bond motifs is 1. The zero-order valence-corrected chi connectivity index (χ0v) is 32.5. The molecular formula is C36H54N6O9S. The molecule has 52 heavy (non-hydrogen) atoms. The van der Waals surface area contributed by atoms with Gasteiger partial charge in [-0.05, 0) is 112 Å². The van der Waals surface area contributed by atoms with E-state index < -0.39 is 58.6 Å². The van der Waals surface area contributed by atoms with Crippen LogP contribution >= 0.6 is 11.3 Å². The summed E-state index contributed by atoms with van der Waals surface area (Å²) in [4.78, 5) is 74.4. The maximum atomic E-state index is 13.4. The molecule has 16 heteroatoms. The summed E-state index contributed by atoms with van der Waals surface area (Å²) in [5.74, 6) is -2.42. The molecule has 0 saturated carbocycles. The maximum Gasteiger partial charge on any atom is 0.329 e. The first-order valence-corrected chi connectivity index (χ1v) is 18.3. The van der Waals surface area contributed by atoms with Gasteiger partial charge >= 0.3 is 17.9 Å². The Labute approximate surface area is 309 Å². The number of anilines is 2. The molecule has 0 spiro atoms. The number of rotatable bonds is 14. The van der Waals surface area contributed by atoms with Crippen molar-refractivity contribution in [1.29, 1.82) is 0 Å². The molecule has 2 aromatic heterocycles. The highest BCUT2D eigenvalue weighted by atomic mass is 32.1. The minimum absolute atomic E-state index is 0.00254. The smallest absolute Gasteiger partial charge is 0.329 e. The normalized spacial score (nSPS) is 15.7. The van der Waals surface area contributed by atoms with E-state index in [0.717, 1.165) is 11.3 Å². The van der Waals surface area contributed by atoms with E-state index in [4.69, 9.17) is 19.9 Å². The molecule has 2 amide bonds. The predicted molar refractivity (Wildman–Crippen MR) is 196 cm³/mol. The Morgan fingerprint density at radius 3 is 2.06 bits per heavy atom. The van der Waals surface area contributed by atoms with Crippen LogP contribution in [-0.4, -0.2) is 80.2 Å². The van der Waals surface area contributed by atoms with Gasteiger partial charge in [0.05, 0.1) is 10.4 Å². The largest absolute Gasteiger partial charge is 0.493 e. The Balaban J connectivity index is 1.63. The molecule has 15 nitrogen and oxygen atoms in total. The highest BCUT2D eigenvalue weighted by molar-refractivity contribution is 7.14. The third kappa shape index (κ3) is 14.3. The lowest BCUT2D eigenvalue weighted by atomic mass is 9.92. The number of amides is 2. The SMILES string of the molecule is CC(C)(C)OC(=O)CC[C@@H](NC(=O)CC[C@H](NC(=O)c1ccc(CCC2CNc3nc(N)nc(O)c3C2)s1)C(=O)OC(C)(C)C)C(=O)OC(C)(C)C. The molecule has 288 valence electrons. The molecule has 0 radical (unpaired) electrons.